The summed E-state index contributed by atoms with van der Waals surface area (Å²) in [4.78, 5) is 36.3. The molecule has 0 aliphatic carbocycles. The first-order chi connectivity index (χ1) is 8.50. The molecular weight excluding hydrogens is 234 g/mol. The molecule has 18 heavy (non-hydrogen) atoms. The third-order valence-corrected chi connectivity index (χ3v) is 3.19. The zero-order valence-corrected chi connectivity index (χ0v) is 10.1. The molecule has 0 saturated carbocycles. The van der Waals surface area contributed by atoms with Gasteiger partial charge in [-0.3, -0.25) is 14.4 Å². The molecule has 6 nitrogen and oxygen atoms in total. The van der Waals surface area contributed by atoms with Gasteiger partial charge in [0.25, 0.3) is 11.5 Å². The van der Waals surface area contributed by atoms with E-state index in [9.17, 15) is 14.4 Å². The second kappa shape index (κ2) is 4.64. The molecule has 1 aliphatic rings. The molecule has 0 spiro atoms. The molecule has 1 fully saturated rings. The molecule has 0 radical (unpaired) electrons. The van der Waals surface area contributed by atoms with Crippen LogP contribution in [0.1, 0.15) is 23.2 Å². The van der Waals surface area contributed by atoms with Gasteiger partial charge < -0.3 is 15.2 Å². The minimum atomic E-state index is -0.554. The summed E-state index contributed by atoms with van der Waals surface area (Å²) in [5.41, 5.74) is 5.30. The summed E-state index contributed by atoms with van der Waals surface area (Å²) in [6.07, 6.45) is 2.88. The number of pyridine rings is 1. The molecule has 2 heterocycles. The van der Waals surface area contributed by atoms with Crippen molar-refractivity contribution in [3.63, 3.8) is 0 Å². The van der Waals surface area contributed by atoms with E-state index in [1.54, 1.807) is 13.1 Å². The van der Waals surface area contributed by atoms with Crippen LogP contribution in [-0.4, -0.2) is 33.9 Å². The minimum absolute atomic E-state index is 0.254. The lowest BCUT2D eigenvalue weighted by Crippen LogP contribution is -2.44. The first-order valence-corrected chi connectivity index (χ1v) is 5.77. The quantitative estimate of drug-likeness (QED) is 0.765. The van der Waals surface area contributed by atoms with Gasteiger partial charge in [0, 0.05) is 31.4 Å². The van der Waals surface area contributed by atoms with Crippen molar-refractivity contribution in [1.29, 1.82) is 0 Å². The lowest BCUT2D eigenvalue weighted by Gasteiger charge is -2.22. The Morgan fingerprint density at radius 1 is 1.44 bits per heavy atom. The Bertz CT molecular complexity index is 550. The maximum absolute atomic E-state index is 12.2. The first kappa shape index (κ1) is 12.3. The number of likely N-dealkylation sites (tertiary alicyclic amines) is 1. The van der Waals surface area contributed by atoms with Crippen LogP contribution in [0, 0.1) is 0 Å². The molecule has 1 atom stereocenters. The summed E-state index contributed by atoms with van der Waals surface area (Å²) in [7, 11) is 1.61. The van der Waals surface area contributed by atoms with E-state index < -0.39 is 11.9 Å². The highest BCUT2D eigenvalue weighted by Crippen LogP contribution is 2.19. The van der Waals surface area contributed by atoms with Crippen molar-refractivity contribution in [2.75, 3.05) is 6.54 Å². The van der Waals surface area contributed by atoms with Crippen molar-refractivity contribution in [2.24, 2.45) is 12.8 Å². The smallest absolute Gasteiger partial charge is 0.254 e. The van der Waals surface area contributed by atoms with Gasteiger partial charge in [-0.2, -0.15) is 0 Å². The van der Waals surface area contributed by atoms with Crippen molar-refractivity contribution in [1.82, 2.24) is 9.47 Å². The monoisotopic (exact) mass is 249 g/mol. The van der Waals surface area contributed by atoms with E-state index in [2.05, 4.69) is 0 Å². The number of nitrogens with zero attached hydrogens (tertiary/aromatic N) is 2. The summed E-state index contributed by atoms with van der Waals surface area (Å²) in [6.45, 7) is 0.502. The number of carbonyl (C=O) groups excluding carboxylic acids is 2. The van der Waals surface area contributed by atoms with Crippen LogP contribution in [-0.2, 0) is 11.8 Å². The lowest BCUT2D eigenvalue weighted by molar-refractivity contribution is -0.121. The molecular formula is C12H15N3O3. The van der Waals surface area contributed by atoms with E-state index in [4.69, 9.17) is 5.73 Å². The van der Waals surface area contributed by atoms with Crippen LogP contribution < -0.4 is 11.3 Å². The Labute approximate surface area is 104 Å². The van der Waals surface area contributed by atoms with Crippen LogP contribution in [0.2, 0.25) is 0 Å². The highest BCUT2D eigenvalue weighted by atomic mass is 16.2. The Morgan fingerprint density at radius 3 is 2.78 bits per heavy atom. The highest BCUT2D eigenvalue weighted by molar-refractivity contribution is 5.97. The average molecular weight is 249 g/mol. The summed E-state index contributed by atoms with van der Waals surface area (Å²) in [5.74, 6) is -0.807. The van der Waals surface area contributed by atoms with Crippen molar-refractivity contribution in [2.45, 2.75) is 18.9 Å². The number of aromatic nitrogens is 1. The number of nitrogens with two attached hydrogens (primary N) is 1. The van der Waals surface area contributed by atoms with Crippen LogP contribution in [0.3, 0.4) is 0 Å². The third-order valence-electron chi connectivity index (χ3n) is 3.19. The van der Waals surface area contributed by atoms with Crippen molar-refractivity contribution < 1.29 is 9.59 Å². The number of hydrogen-bond acceptors (Lipinski definition) is 3. The van der Waals surface area contributed by atoms with Gasteiger partial charge in [-0.25, -0.2) is 0 Å². The van der Waals surface area contributed by atoms with Gasteiger partial charge in [-0.15, -0.1) is 0 Å². The molecule has 2 N–H and O–H groups in total. The maximum Gasteiger partial charge on any atom is 0.254 e. The van der Waals surface area contributed by atoms with E-state index in [0.717, 1.165) is 6.42 Å². The molecule has 0 aromatic carbocycles. The first-order valence-electron chi connectivity index (χ1n) is 5.77. The van der Waals surface area contributed by atoms with Crippen LogP contribution >= 0.6 is 0 Å². The molecule has 1 aromatic heterocycles. The molecule has 0 bridgehead atoms. The number of primary amides is 1. The minimum Gasteiger partial charge on any atom is -0.368 e. The van der Waals surface area contributed by atoms with Crippen molar-refractivity contribution in [3.8, 4) is 0 Å². The molecule has 96 valence electrons. The van der Waals surface area contributed by atoms with E-state index in [0.29, 0.717) is 18.5 Å². The summed E-state index contributed by atoms with van der Waals surface area (Å²) < 4.78 is 1.38. The maximum atomic E-state index is 12.2. The van der Waals surface area contributed by atoms with Gasteiger partial charge in [0.1, 0.15) is 6.04 Å². The Kier molecular flexibility index (Phi) is 3.18. The van der Waals surface area contributed by atoms with Crippen molar-refractivity contribution in [3.05, 3.63) is 34.2 Å². The third kappa shape index (κ3) is 2.13. The van der Waals surface area contributed by atoms with Crippen molar-refractivity contribution >= 4 is 11.8 Å². The number of hydrogen-bond donors (Lipinski definition) is 1. The molecule has 1 saturated heterocycles. The molecule has 1 unspecified atom stereocenters. The zero-order chi connectivity index (χ0) is 13.3. The molecule has 2 amide bonds. The van der Waals surface area contributed by atoms with Gasteiger partial charge >= 0.3 is 0 Å². The number of rotatable bonds is 2. The van der Waals surface area contributed by atoms with Crippen LogP contribution in [0.5, 0.6) is 0 Å². The van der Waals surface area contributed by atoms with Gasteiger partial charge in [0.2, 0.25) is 5.91 Å². The fourth-order valence-corrected chi connectivity index (χ4v) is 2.15. The summed E-state index contributed by atoms with van der Waals surface area (Å²) in [5, 5.41) is 0. The van der Waals surface area contributed by atoms with E-state index in [-0.39, 0.29) is 11.5 Å². The molecule has 1 aromatic rings. The molecule has 1 aliphatic heterocycles. The fourth-order valence-electron chi connectivity index (χ4n) is 2.15. The topological polar surface area (TPSA) is 85.4 Å². The van der Waals surface area contributed by atoms with E-state index in [1.165, 1.54) is 21.7 Å². The highest BCUT2D eigenvalue weighted by Gasteiger charge is 2.33. The second-order valence-corrected chi connectivity index (χ2v) is 4.42. The van der Waals surface area contributed by atoms with Crippen LogP contribution in [0.4, 0.5) is 0 Å². The number of amides is 2. The van der Waals surface area contributed by atoms with Gasteiger partial charge in [-0.1, -0.05) is 0 Å². The Hall–Kier alpha value is -2.11. The predicted octanol–water partition coefficient (Wildman–Crippen LogP) is -0.525. The van der Waals surface area contributed by atoms with Crippen LogP contribution in [0.15, 0.2) is 23.1 Å². The van der Waals surface area contributed by atoms with Gasteiger partial charge in [0.05, 0.1) is 0 Å². The van der Waals surface area contributed by atoms with Gasteiger partial charge in [-0.05, 0) is 18.9 Å². The average Bonchev–Trinajstić information content (AvgIpc) is 2.81. The normalized spacial score (nSPS) is 18.9. The van der Waals surface area contributed by atoms with E-state index >= 15 is 0 Å². The van der Waals surface area contributed by atoms with Crippen LogP contribution in [0.25, 0.3) is 0 Å². The fraction of sp³-hybridized carbons (Fsp3) is 0.417. The molecule has 6 heteroatoms. The predicted molar refractivity (Wildman–Crippen MR) is 64.9 cm³/mol. The van der Waals surface area contributed by atoms with E-state index in [1.807, 2.05) is 0 Å². The Balaban J connectivity index is 2.28. The zero-order valence-electron chi connectivity index (χ0n) is 10.1. The Morgan fingerprint density at radius 2 is 2.17 bits per heavy atom. The number of carbonyl (C=O) groups is 2. The number of aryl methyl sites for hydroxylation is 1. The standard InChI is InChI=1S/C12H15N3O3/c1-14-6-4-8(7-10(14)16)12(18)15-5-2-3-9(15)11(13)17/h4,6-7,9H,2-3,5H2,1H3,(H2,13,17). The summed E-state index contributed by atoms with van der Waals surface area (Å²) in [6, 6.07) is 2.29. The molecule has 2 rings (SSSR count). The lowest BCUT2D eigenvalue weighted by atomic mass is 10.2. The van der Waals surface area contributed by atoms with Gasteiger partial charge in [0.15, 0.2) is 0 Å². The second-order valence-electron chi connectivity index (χ2n) is 4.42. The summed E-state index contributed by atoms with van der Waals surface area (Å²) >= 11 is 0. The SMILES string of the molecule is Cn1ccc(C(=O)N2CCCC2C(N)=O)cc1=O. The largest absolute Gasteiger partial charge is 0.368 e.